The van der Waals surface area contributed by atoms with E-state index >= 15 is 0 Å². The van der Waals surface area contributed by atoms with Gasteiger partial charge in [0.1, 0.15) is 19.3 Å². The molecule has 0 bridgehead atoms. The summed E-state index contributed by atoms with van der Waals surface area (Å²) in [6.07, 6.45) is 30.3. The summed E-state index contributed by atoms with van der Waals surface area (Å²) in [5.74, 6) is 15.8. The zero-order valence-corrected chi connectivity index (χ0v) is 35.7. The minimum Gasteiger partial charge on any atom is -0.756 e. The van der Waals surface area contributed by atoms with Gasteiger partial charge in [-0.1, -0.05) is 77.0 Å². The number of likely N-dealkylation sites (N-methyl/N-ethyl adjacent to an activating group) is 1. The van der Waals surface area contributed by atoms with E-state index in [1.54, 1.807) is 44.9 Å². The fourth-order valence-electron chi connectivity index (χ4n) is 14.5. The van der Waals surface area contributed by atoms with Crippen molar-refractivity contribution in [1.29, 1.82) is 0 Å². The lowest BCUT2D eigenvalue weighted by Gasteiger charge is -2.74. The summed E-state index contributed by atoms with van der Waals surface area (Å²) in [4.78, 5) is 12.5. The number of hydrogen-bond acceptors (Lipinski definition) is 6. The topological polar surface area (TPSA) is 77.1 Å². The third-order valence-corrected chi connectivity index (χ3v) is 18.4. The van der Waals surface area contributed by atoms with Crippen LogP contribution in [0.5, 0.6) is 0 Å². The maximum Gasteiger partial charge on any atom is 0.268 e. The number of unbranched alkanes of at least 4 members (excludes halogenated alkanes) is 8. The highest BCUT2D eigenvalue weighted by atomic mass is 31.2. The van der Waals surface area contributed by atoms with Crippen molar-refractivity contribution in [2.45, 2.75) is 147 Å². The molecule has 310 valence electrons. The molecule has 8 heteroatoms. The molecule has 7 nitrogen and oxygen atoms in total. The Hall–Kier alpha value is -0.0100. The molecule has 0 amide bonds. The number of rotatable bonds is 26. The van der Waals surface area contributed by atoms with Crippen molar-refractivity contribution in [3.63, 3.8) is 0 Å². The first-order valence-electron chi connectivity index (χ1n) is 23.8. The molecule has 0 aromatic heterocycles. The molecule has 15 unspecified atom stereocenters. The minimum absolute atomic E-state index is 0.0528. The van der Waals surface area contributed by atoms with Crippen LogP contribution in [0.4, 0.5) is 0 Å². The summed E-state index contributed by atoms with van der Waals surface area (Å²) in [5.41, 5.74) is 0. The summed E-state index contributed by atoms with van der Waals surface area (Å²) < 4.78 is 35.8. The van der Waals surface area contributed by atoms with Gasteiger partial charge in [-0.25, -0.2) is 0 Å². The summed E-state index contributed by atoms with van der Waals surface area (Å²) in [6, 6.07) is 0. The predicted molar refractivity (Wildman–Crippen MR) is 213 cm³/mol. The van der Waals surface area contributed by atoms with Crippen LogP contribution in [-0.4, -0.2) is 71.3 Å². The van der Waals surface area contributed by atoms with E-state index in [9.17, 15) is 9.46 Å². The zero-order chi connectivity index (χ0) is 37.3. The van der Waals surface area contributed by atoms with Gasteiger partial charge in [-0.2, -0.15) is 0 Å². The van der Waals surface area contributed by atoms with Crippen LogP contribution in [-0.2, 0) is 23.1 Å². The smallest absolute Gasteiger partial charge is 0.268 e. The molecule has 0 saturated heterocycles. The van der Waals surface area contributed by atoms with Crippen molar-refractivity contribution in [3.8, 4) is 0 Å². The van der Waals surface area contributed by atoms with Gasteiger partial charge in [0.15, 0.2) is 0 Å². The van der Waals surface area contributed by atoms with Gasteiger partial charge in [-0.15, -0.1) is 0 Å². The first-order chi connectivity index (χ1) is 26.2. The molecule has 0 aliphatic heterocycles. The fraction of sp³-hybridized carbons (Fsp3) is 1.00. The molecule has 0 aromatic carbocycles. The molecule has 8 aliphatic rings. The van der Waals surface area contributed by atoms with Crippen molar-refractivity contribution in [1.82, 2.24) is 0 Å². The van der Waals surface area contributed by atoms with E-state index in [-0.39, 0.29) is 13.2 Å². The summed E-state index contributed by atoms with van der Waals surface area (Å²) in [6.45, 7) is 2.31. The number of nitrogens with zero attached hydrogens (tertiary/aromatic N) is 1. The largest absolute Gasteiger partial charge is 0.756 e. The van der Waals surface area contributed by atoms with E-state index < -0.39 is 13.9 Å². The van der Waals surface area contributed by atoms with E-state index in [0.717, 1.165) is 90.3 Å². The minimum atomic E-state index is -4.39. The lowest BCUT2D eigenvalue weighted by molar-refractivity contribution is -0.870. The second-order valence-corrected chi connectivity index (χ2v) is 22.8. The first kappa shape index (κ1) is 40.8. The maximum absolute atomic E-state index is 12.5. The summed E-state index contributed by atoms with van der Waals surface area (Å²) in [7, 11) is 1.65. The number of hydrogen-bond donors (Lipinski definition) is 0. The number of quaternary nitrogens is 1. The Morgan fingerprint density at radius 2 is 0.981 bits per heavy atom. The molecule has 8 rings (SSSR count). The van der Waals surface area contributed by atoms with Gasteiger partial charge in [-0.3, -0.25) is 4.57 Å². The van der Waals surface area contributed by atoms with E-state index in [1.165, 1.54) is 88.9 Å². The molecule has 0 aromatic rings. The summed E-state index contributed by atoms with van der Waals surface area (Å²) >= 11 is 0. The van der Waals surface area contributed by atoms with Gasteiger partial charge < -0.3 is 27.9 Å². The Morgan fingerprint density at radius 3 is 1.50 bits per heavy atom. The van der Waals surface area contributed by atoms with E-state index in [0.29, 0.717) is 30.8 Å². The number of ether oxygens (including phenoxy) is 2. The standard InChI is InChI=1S/C46H80NO6P/c1-47(2,3)24-27-52-54(48,49)53-31-34(30-50-25-12-9-7-11-15-33-17-19-40-42(29-33)46-38-23-21-36(38)44(40)46)51-26-13-8-5-4-6-10-14-32-16-18-39-41(28-32)45-37-22-20-35(37)43(39)45/h32-46H,4-31H2,1-3H3/t32?,33?,34-,35?,36?,37?,38?,39?,40?,41?,42?,43?,44?,45?,46?/m1/s1. The van der Waals surface area contributed by atoms with Crippen molar-refractivity contribution < 1.29 is 32.5 Å². The highest BCUT2D eigenvalue weighted by Gasteiger charge is 2.69. The quantitative estimate of drug-likeness (QED) is 0.0495. The summed E-state index contributed by atoms with van der Waals surface area (Å²) in [5, 5.41) is 0. The van der Waals surface area contributed by atoms with E-state index in [1.807, 2.05) is 21.1 Å². The third kappa shape index (κ3) is 9.23. The highest BCUT2D eigenvalue weighted by molar-refractivity contribution is 7.45. The van der Waals surface area contributed by atoms with Crippen LogP contribution in [0.3, 0.4) is 0 Å². The first-order valence-corrected chi connectivity index (χ1v) is 25.2. The monoisotopic (exact) mass is 774 g/mol. The van der Waals surface area contributed by atoms with Crippen molar-refractivity contribution in [2.75, 3.05) is 60.7 Å². The average Bonchev–Trinajstić information content (AvgIpc) is 3.11. The molecule has 0 heterocycles. The van der Waals surface area contributed by atoms with Crippen LogP contribution in [0.15, 0.2) is 0 Å². The Balaban J connectivity index is 0.652. The number of fused-ring (bicyclic) bond motifs is 14. The molecule has 54 heavy (non-hydrogen) atoms. The molecule has 8 fully saturated rings. The molecular formula is C46H80NO6P. The van der Waals surface area contributed by atoms with Crippen LogP contribution in [0, 0.1) is 82.9 Å². The molecule has 0 radical (unpaired) electrons. The van der Waals surface area contributed by atoms with E-state index in [2.05, 4.69) is 0 Å². The second-order valence-electron chi connectivity index (χ2n) is 21.4. The molecule has 16 atom stereocenters. The molecule has 8 aliphatic carbocycles. The maximum atomic E-state index is 12.5. The van der Waals surface area contributed by atoms with Crippen molar-refractivity contribution in [2.24, 2.45) is 82.9 Å². The lowest BCUT2D eigenvalue weighted by atomic mass is 9.30. The highest BCUT2D eigenvalue weighted by Crippen LogP contribution is 2.75. The Labute approximate surface area is 330 Å². The third-order valence-electron chi connectivity index (χ3n) is 17.5. The molecule has 8 saturated carbocycles. The normalized spacial score (nSPS) is 41.3. The van der Waals surface area contributed by atoms with Crippen LogP contribution in [0.2, 0.25) is 0 Å². The van der Waals surface area contributed by atoms with Crippen LogP contribution in [0.25, 0.3) is 0 Å². The lowest BCUT2D eigenvalue weighted by Crippen LogP contribution is -2.69. The predicted octanol–water partition coefficient (Wildman–Crippen LogP) is 9.91. The SMILES string of the molecule is C[N+](C)(C)CCOP(=O)([O-])OC[C@@H](COCCCCCCC1CCC2C(C1)C1C3CCC3C21)OCCCCCCCCC1CCC2C(C1)C1C3CCC3C21. The van der Waals surface area contributed by atoms with Crippen molar-refractivity contribution in [3.05, 3.63) is 0 Å². The average molecular weight is 774 g/mol. The fourth-order valence-corrected chi connectivity index (χ4v) is 15.2. The Bertz CT molecular complexity index is 1230. The van der Waals surface area contributed by atoms with Gasteiger partial charge in [-0.05, 0) is 147 Å². The number of phosphoric ester groups is 1. The van der Waals surface area contributed by atoms with Gasteiger partial charge in [0.25, 0.3) is 7.82 Å². The van der Waals surface area contributed by atoms with Crippen molar-refractivity contribution >= 4 is 7.82 Å². The van der Waals surface area contributed by atoms with Gasteiger partial charge in [0.2, 0.25) is 0 Å². The van der Waals surface area contributed by atoms with Crippen LogP contribution >= 0.6 is 7.82 Å². The molecule has 0 N–H and O–H groups in total. The molecular weight excluding hydrogens is 693 g/mol. The Kier molecular flexibility index (Phi) is 13.7. The van der Waals surface area contributed by atoms with Gasteiger partial charge >= 0.3 is 0 Å². The van der Waals surface area contributed by atoms with Crippen LogP contribution < -0.4 is 4.89 Å². The number of phosphoric acid groups is 1. The van der Waals surface area contributed by atoms with Crippen LogP contribution in [0.1, 0.15) is 141 Å². The molecule has 0 spiro atoms. The second kappa shape index (κ2) is 18.1. The van der Waals surface area contributed by atoms with Gasteiger partial charge in [0, 0.05) is 13.2 Å². The zero-order valence-electron chi connectivity index (χ0n) is 34.8. The van der Waals surface area contributed by atoms with Gasteiger partial charge in [0.05, 0.1) is 34.4 Å². The van der Waals surface area contributed by atoms with E-state index in [4.69, 9.17) is 18.5 Å². The Morgan fingerprint density at radius 1 is 0.537 bits per heavy atom.